The molecule has 0 aliphatic rings. The van der Waals surface area contributed by atoms with Crippen LogP contribution in [0.3, 0.4) is 0 Å². The van der Waals surface area contributed by atoms with Crippen molar-refractivity contribution in [3.8, 4) is 17.2 Å². The van der Waals surface area contributed by atoms with Crippen LogP contribution in [0.4, 0.5) is 5.69 Å². The summed E-state index contributed by atoms with van der Waals surface area (Å²) in [4.78, 5) is 36.6. The number of rotatable bonds is 11. The Balaban J connectivity index is 1.49. The fourth-order valence-electron chi connectivity index (χ4n) is 3.46. The van der Waals surface area contributed by atoms with Gasteiger partial charge in [0, 0.05) is 22.3 Å². The smallest absolute Gasteiger partial charge is 0.329 e. The quantitative estimate of drug-likeness (QED) is 0.176. The Bertz CT molecular complexity index is 1360. The van der Waals surface area contributed by atoms with Crippen LogP contribution in [-0.4, -0.2) is 51.3 Å². The molecule has 0 heterocycles. The third kappa shape index (κ3) is 9.15. The van der Waals surface area contributed by atoms with E-state index in [2.05, 4.69) is 37.1 Å². The van der Waals surface area contributed by atoms with Crippen LogP contribution in [0.5, 0.6) is 17.2 Å². The maximum Gasteiger partial charge on any atom is 0.329 e. The molecule has 0 aliphatic carbocycles. The normalized spacial score (nSPS) is 10.6. The minimum Gasteiger partial charge on any atom is -0.493 e. The minimum absolute atomic E-state index is 0.231. The lowest BCUT2D eigenvalue weighted by Crippen LogP contribution is -2.38. The van der Waals surface area contributed by atoms with Crippen molar-refractivity contribution < 1.29 is 28.6 Å². The highest BCUT2D eigenvalue weighted by Crippen LogP contribution is 2.27. The summed E-state index contributed by atoms with van der Waals surface area (Å²) in [5.41, 5.74) is 5.28. The monoisotopic (exact) mass is 596 g/mol. The number of nitrogens with zero attached hydrogens (tertiary/aromatic N) is 1. The molecule has 0 aromatic heterocycles. The Hall–Kier alpha value is -4.38. The van der Waals surface area contributed by atoms with Gasteiger partial charge in [-0.25, -0.2) is 5.43 Å². The summed E-state index contributed by atoms with van der Waals surface area (Å²) in [6.45, 7) is 1.94. The van der Waals surface area contributed by atoms with Gasteiger partial charge in [0.25, 0.3) is 5.91 Å². The van der Waals surface area contributed by atoms with Gasteiger partial charge in [0.2, 0.25) is 0 Å². The number of hydrogen-bond donors (Lipinski definition) is 3. The summed E-state index contributed by atoms with van der Waals surface area (Å²) in [5, 5.41) is 9.18. The van der Waals surface area contributed by atoms with E-state index in [9.17, 15) is 14.4 Å². The standard InChI is InChI=1S/C28H29BrN4O6/c1-18-5-4-6-22(13-18)32-26(34)17-39-23-10-8-21(29)15-20(23)16-31-33-28(36)27(35)30-12-11-19-7-9-24(37-2)25(14-19)38-3/h4-10,13-16H,11-12,17H2,1-3H3,(H,30,35)(H,32,34)(H,33,36)/b31-16-. The lowest BCUT2D eigenvalue weighted by molar-refractivity contribution is -0.139. The zero-order valence-electron chi connectivity index (χ0n) is 21.7. The van der Waals surface area contributed by atoms with E-state index in [4.69, 9.17) is 14.2 Å². The summed E-state index contributed by atoms with van der Waals surface area (Å²) >= 11 is 3.37. The van der Waals surface area contributed by atoms with Gasteiger partial charge in [-0.2, -0.15) is 5.10 Å². The molecule has 0 radical (unpaired) electrons. The lowest BCUT2D eigenvalue weighted by Gasteiger charge is -2.10. The van der Waals surface area contributed by atoms with Gasteiger partial charge in [-0.15, -0.1) is 0 Å². The summed E-state index contributed by atoms with van der Waals surface area (Å²) in [6, 6.07) is 18.0. The van der Waals surface area contributed by atoms with Crippen LogP contribution in [0.25, 0.3) is 0 Å². The number of carbonyl (C=O) groups is 3. The number of hydrogen-bond acceptors (Lipinski definition) is 7. The van der Waals surface area contributed by atoms with E-state index in [0.717, 1.165) is 15.6 Å². The molecule has 39 heavy (non-hydrogen) atoms. The first kappa shape index (κ1) is 29.2. The molecule has 3 aromatic rings. The van der Waals surface area contributed by atoms with Gasteiger partial charge in [0.15, 0.2) is 18.1 Å². The van der Waals surface area contributed by atoms with E-state index in [1.54, 1.807) is 50.6 Å². The van der Waals surface area contributed by atoms with Crippen molar-refractivity contribution in [3.05, 3.63) is 81.8 Å². The summed E-state index contributed by atoms with van der Waals surface area (Å²) in [7, 11) is 3.09. The number of halogens is 1. The minimum atomic E-state index is -0.923. The van der Waals surface area contributed by atoms with E-state index < -0.39 is 11.8 Å². The van der Waals surface area contributed by atoms with Crippen molar-refractivity contribution in [2.75, 3.05) is 32.7 Å². The van der Waals surface area contributed by atoms with Crippen LogP contribution in [0.2, 0.25) is 0 Å². The zero-order chi connectivity index (χ0) is 28.2. The second-order valence-corrected chi connectivity index (χ2v) is 9.20. The number of carbonyl (C=O) groups excluding carboxylic acids is 3. The van der Waals surface area contributed by atoms with Gasteiger partial charge in [0.05, 0.1) is 20.4 Å². The maximum absolute atomic E-state index is 12.3. The molecule has 0 atom stereocenters. The summed E-state index contributed by atoms with van der Waals surface area (Å²) in [5.74, 6) is -0.526. The Morgan fingerprint density at radius 3 is 2.44 bits per heavy atom. The average Bonchev–Trinajstić information content (AvgIpc) is 2.92. The Morgan fingerprint density at radius 1 is 0.923 bits per heavy atom. The number of ether oxygens (including phenoxy) is 3. The topological polar surface area (TPSA) is 127 Å². The van der Waals surface area contributed by atoms with Crippen molar-refractivity contribution in [1.82, 2.24) is 10.7 Å². The van der Waals surface area contributed by atoms with Crippen LogP contribution in [0, 0.1) is 6.92 Å². The molecule has 10 nitrogen and oxygen atoms in total. The number of anilines is 1. The predicted octanol–water partition coefficient (Wildman–Crippen LogP) is 3.60. The van der Waals surface area contributed by atoms with E-state index in [1.165, 1.54) is 6.21 Å². The van der Waals surface area contributed by atoms with Gasteiger partial charge in [-0.3, -0.25) is 14.4 Å². The second-order valence-electron chi connectivity index (χ2n) is 8.28. The summed E-state index contributed by atoms with van der Waals surface area (Å²) < 4.78 is 16.9. The first-order valence-electron chi connectivity index (χ1n) is 11.9. The molecule has 3 aromatic carbocycles. The maximum atomic E-state index is 12.3. The second kappa shape index (κ2) is 14.5. The van der Waals surface area contributed by atoms with E-state index in [0.29, 0.717) is 34.9 Å². The SMILES string of the molecule is COc1ccc(CCNC(=O)C(=O)N/N=C\c2cc(Br)ccc2OCC(=O)Nc2cccc(C)c2)cc1OC. The fraction of sp³-hybridized carbons (Fsp3) is 0.214. The van der Waals surface area contributed by atoms with Crippen LogP contribution in [0.15, 0.2) is 70.2 Å². The first-order chi connectivity index (χ1) is 18.8. The molecule has 0 saturated heterocycles. The molecule has 0 bridgehead atoms. The Kier molecular flexibility index (Phi) is 10.9. The molecule has 0 aliphatic heterocycles. The molecule has 204 valence electrons. The third-order valence-corrected chi connectivity index (χ3v) is 5.85. The summed E-state index contributed by atoms with van der Waals surface area (Å²) in [6.07, 6.45) is 1.81. The van der Waals surface area contributed by atoms with Crippen LogP contribution >= 0.6 is 15.9 Å². The highest BCUT2D eigenvalue weighted by molar-refractivity contribution is 9.10. The van der Waals surface area contributed by atoms with Gasteiger partial charge in [-0.05, 0) is 66.9 Å². The molecule has 0 saturated carbocycles. The average molecular weight is 597 g/mol. The number of amides is 3. The van der Waals surface area contributed by atoms with Crippen molar-refractivity contribution in [3.63, 3.8) is 0 Å². The number of nitrogens with one attached hydrogen (secondary N) is 3. The number of hydrazone groups is 1. The lowest BCUT2D eigenvalue weighted by atomic mass is 10.1. The van der Waals surface area contributed by atoms with Crippen molar-refractivity contribution in [1.29, 1.82) is 0 Å². The predicted molar refractivity (Wildman–Crippen MR) is 151 cm³/mol. The molecular formula is C28H29BrN4O6. The largest absolute Gasteiger partial charge is 0.493 e. The van der Waals surface area contributed by atoms with E-state index >= 15 is 0 Å². The molecule has 3 N–H and O–H groups in total. The highest BCUT2D eigenvalue weighted by atomic mass is 79.9. The van der Waals surface area contributed by atoms with Gasteiger partial charge in [0.1, 0.15) is 5.75 Å². The van der Waals surface area contributed by atoms with E-state index in [-0.39, 0.29) is 19.1 Å². The number of methoxy groups -OCH3 is 2. The molecule has 0 spiro atoms. The molecule has 11 heteroatoms. The first-order valence-corrected chi connectivity index (χ1v) is 12.7. The molecule has 0 fully saturated rings. The molecule has 0 unspecified atom stereocenters. The van der Waals surface area contributed by atoms with Crippen LogP contribution < -0.4 is 30.3 Å². The fourth-order valence-corrected chi connectivity index (χ4v) is 3.84. The molecule has 3 amide bonds. The highest BCUT2D eigenvalue weighted by Gasteiger charge is 2.13. The molecule has 3 rings (SSSR count). The van der Waals surface area contributed by atoms with Crippen molar-refractivity contribution in [2.24, 2.45) is 5.10 Å². The van der Waals surface area contributed by atoms with E-state index in [1.807, 2.05) is 31.2 Å². The van der Waals surface area contributed by atoms with Crippen LogP contribution in [-0.2, 0) is 20.8 Å². The van der Waals surface area contributed by atoms with Gasteiger partial charge < -0.3 is 24.8 Å². The molecular weight excluding hydrogens is 568 g/mol. The van der Waals surface area contributed by atoms with Gasteiger partial charge in [-0.1, -0.05) is 34.1 Å². The number of aryl methyl sites for hydroxylation is 1. The Labute approximate surface area is 234 Å². The van der Waals surface area contributed by atoms with Crippen molar-refractivity contribution in [2.45, 2.75) is 13.3 Å². The van der Waals surface area contributed by atoms with Crippen LogP contribution in [0.1, 0.15) is 16.7 Å². The van der Waals surface area contributed by atoms with Crippen molar-refractivity contribution >= 4 is 45.6 Å². The zero-order valence-corrected chi connectivity index (χ0v) is 23.3. The Morgan fingerprint density at radius 2 is 1.69 bits per heavy atom. The van der Waals surface area contributed by atoms with Gasteiger partial charge >= 0.3 is 11.8 Å². The third-order valence-electron chi connectivity index (χ3n) is 5.36. The number of benzene rings is 3.